The molecule has 2 aromatic rings. The van der Waals surface area contributed by atoms with Gasteiger partial charge in [0.25, 0.3) is 0 Å². The van der Waals surface area contributed by atoms with Gasteiger partial charge in [-0.15, -0.1) is 0 Å². The molecule has 2 N–H and O–H groups in total. The fraction of sp³-hybridized carbons (Fsp3) is 0.560. The van der Waals surface area contributed by atoms with Crippen LogP contribution in [0, 0.1) is 5.92 Å². The lowest BCUT2D eigenvalue weighted by Crippen LogP contribution is -2.37. The summed E-state index contributed by atoms with van der Waals surface area (Å²) in [6.07, 6.45) is 4.94. The molecule has 1 saturated heterocycles. The molecule has 2 aliphatic heterocycles. The van der Waals surface area contributed by atoms with E-state index in [4.69, 9.17) is 10.5 Å². The van der Waals surface area contributed by atoms with Gasteiger partial charge in [-0.25, -0.2) is 0 Å². The molecule has 1 fully saturated rings. The molecule has 0 atom stereocenters. The van der Waals surface area contributed by atoms with Crippen LogP contribution in [0.5, 0.6) is 6.01 Å². The van der Waals surface area contributed by atoms with E-state index >= 15 is 0 Å². The van der Waals surface area contributed by atoms with E-state index in [0.29, 0.717) is 43.0 Å². The number of Topliss-reactive ketones (excluding diaryl/α,β-unsaturated/α-hetero) is 1. The van der Waals surface area contributed by atoms with Gasteiger partial charge in [-0.05, 0) is 43.0 Å². The van der Waals surface area contributed by atoms with Gasteiger partial charge >= 0.3 is 6.01 Å². The number of carbonyl (C=O) groups is 1. The topological polar surface area (TPSA) is 84.6 Å². The summed E-state index contributed by atoms with van der Waals surface area (Å²) in [4.78, 5) is 26.0. The van der Waals surface area contributed by atoms with E-state index in [1.807, 2.05) is 4.90 Å². The molecule has 1 aromatic carbocycles. The standard InChI is InChI=1S/C25H35N5O2/c1-3-18(4-2)17-32-25-27-23(26)22-13-21(31)16-30(24(22)28-25)15-20-9-7-8-19(12-20)14-29-10-5-6-11-29/h7-9,12,18H,3-6,10-11,13-17H2,1-2H3,(H2,26,27,28). The van der Waals surface area contributed by atoms with Crippen molar-refractivity contribution in [2.24, 2.45) is 5.92 Å². The van der Waals surface area contributed by atoms with Crippen molar-refractivity contribution in [1.29, 1.82) is 0 Å². The maximum Gasteiger partial charge on any atom is 0.320 e. The monoisotopic (exact) mass is 437 g/mol. The summed E-state index contributed by atoms with van der Waals surface area (Å²) in [5.74, 6) is 1.66. The van der Waals surface area contributed by atoms with Crippen molar-refractivity contribution in [2.75, 3.05) is 36.9 Å². The average Bonchev–Trinajstić information content (AvgIpc) is 3.28. The first kappa shape index (κ1) is 22.5. The lowest BCUT2D eigenvalue weighted by Gasteiger charge is -2.30. The van der Waals surface area contributed by atoms with Crippen LogP contribution in [0.1, 0.15) is 56.2 Å². The lowest BCUT2D eigenvalue weighted by molar-refractivity contribution is -0.117. The molecular formula is C25H35N5O2. The first-order valence-corrected chi connectivity index (χ1v) is 11.9. The molecule has 0 bridgehead atoms. The Labute approximate surface area is 191 Å². The van der Waals surface area contributed by atoms with Gasteiger partial charge in [-0.3, -0.25) is 9.69 Å². The average molecular weight is 438 g/mol. The molecule has 0 spiro atoms. The van der Waals surface area contributed by atoms with Crippen LogP contribution in [-0.2, 0) is 24.3 Å². The van der Waals surface area contributed by atoms with Crippen molar-refractivity contribution in [3.8, 4) is 6.01 Å². The minimum absolute atomic E-state index is 0.131. The zero-order chi connectivity index (χ0) is 22.5. The Balaban J connectivity index is 1.53. The molecule has 0 amide bonds. The molecule has 0 aliphatic carbocycles. The number of nitrogen functional groups attached to an aromatic ring is 1. The number of likely N-dealkylation sites (tertiary alicyclic amines) is 1. The zero-order valence-corrected chi connectivity index (χ0v) is 19.3. The van der Waals surface area contributed by atoms with Crippen molar-refractivity contribution in [3.05, 3.63) is 41.0 Å². The molecule has 0 saturated carbocycles. The second kappa shape index (κ2) is 10.3. The quantitative estimate of drug-likeness (QED) is 0.641. The molecule has 4 rings (SSSR count). The number of fused-ring (bicyclic) bond motifs is 1. The predicted octanol–water partition coefficient (Wildman–Crippen LogP) is 3.60. The smallest absolute Gasteiger partial charge is 0.320 e. The molecule has 7 nitrogen and oxygen atoms in total. The van der Waals surface area contributed by atoms with Crippen LogP contribution in [0.4, 0.5) is 11.6 Å². The van der Waals surface area contributed by atoms with Gasteiger partial charge in [0.1, 0.15) is 11.6 Å². The highest BCUT2D eigenvalue weighted by molar-refractivity contribution is 5.91. The number of benzene rings is 1. The SMILES string of the molecule is CCC(CC)COc1nc(N)c2c(n1)N(Cc1cccc(CN3CCCC3)c1)CC(=O)C2. The summed E-state index contributed by atoms with van der Waals surface area (Å²) in [5.41, 5.74) is 9.42. The third-order valence-corrected chi connectivity index (χ3v) is 6.61. The number of nitrogens with two attached hydrogens (primary N) is 1. The number of ether oxygens (including phenoxy) is 1. The number of ketones is 1. The highest BCUT2D eigenvalue weighted by Gasteiger charge is 2.28. The van der Waals surface area contributed by atoms with Gasteiger partial charge in [0.15, 0.2) is 5.78 Å². The van der Waals surface area contributed by atoms with Gasteiger partial charge in [-0.1, -0.05) is 51.0 Å². The second-order valence-electron chi connectivity index (χ2n) is 9.06. The highest BCUT2D eigenvalue weighted by Crippen LogP contribution is 2.31. The van der Waals surface area contributed by atoms with E-state index in [-0.39, 0.29) is 12.2 Å². The van der Waals surface area contributed by atoms with Gasteiger partial charge in [0.2, 0.25) is 0 Å². The number of nitrogens with zero attached hydrogens (tertiary/aromatic N) is 4. The van der Waals surface area contributed by atoms with Crippen LogP contribution in [-0.4, -0.2) is 46.9 Å². The summed E-state index contributed by atoms with van der Waals surface area (Å²) >= 11 is 0. The minimum Gasteiger partial charge on any atom is -0.463 e. The van der Waals surface area contributed by atoms with Crippen LogP contribution in [0.2, 0.25) is 0 Å². The van der Waals surface area contributed by atoms with Gasteiger partial charge in [0, 0.05) is 25.1 Å². The molecule has 1 aromatic heterocycles. The molecule has 3 heterocycles. The zero-order valence-electron chi connectivity index (χ0n) is 19.3. The summed E-state index contributed by atoms with van der Waals surface area (Å²) < 4.78 is 5.90. The van der Waals surface area contributed by atoms with Crippen LogP contribution in [0.3, 0.4) is 0 Å². The molecule has 0 radical (unpaired) electrons. The Hall–Kier alpha value is -2.67. The van der Waals surface area contributed by atoms with E-state index in [0.717, 1.165) is 25.2 Å². The maximum absolute atomic E-state index is 12.5. The summed E-state index contributed by atoms with van der Waals surface area (Å²) in [7, 11) is 0. The largest absolute Gasteiger partial charge is 0.463 e. The van der Waals surface area contributed by atoms with Crippen molar-refractivity contribution >= 4 is 17.4 Å². The van der Waals surface area contributed by atoms with Crippen molar-refractivity contribution < 1.29 is 9.53 Å². The van der Waals surface area contributed by atoms with E-state index in [9.17, 15) is 4.79 Å². The van der Waals surface area contributed by atoms with Gasteiger partial charge in [0.05, 0.1) is 13.2 Å². The molecule has 0 unspecified atom stereocenters. The Bertz CT molecular complexity index is 938. The summed E-state index contributed by atoms with van der Waals surface area (Å²) in [6, 6.07) is 8.94. The van der Waals surface area contributed by atoms with Crippen molar-refractivity contribution in [2.45, 2.75) is 59.0 Å². The third kappa shape index (κ3) is 5.38. The third-order valence-electron chi connectivity index (χ3n) is 6.61. The maximum atomic E-state index is 12.5. The van der Waals surface area contributed by atoms with Crippen LogP contribution in [0.15, 0.2) is 24.3 Å². The lowest BCUT2D eigenvalue weighted by atomic mass is 10.0. The molecule has 7 heteroatoms. The number of hydrogen-bond donors (Lipinski definition) is 1. The summed E-state index contributed by atoms with van der Waals surface area (Å²) in [5, 5.41) is 0. The number of carbonyl (C=O) groups excluding carboxylic acids is 1. The Kier molecular flexibility index (Phi) is 7.25. The van der Waals surface area contributed by atoms with Crippen molar-refractivity contribution in [1.82, 2.24) is 14.9 Å². The number of aromatic nitrogens is 2. The predicted molar refractivity (Wildman–Crippen MR) is 127 cm³/mol. The number of anilines is 2. The van der Waals surface area contributed by atoms with E-state index < -0.39 is 0 Å². The molecule has 2 aliphatic rings. The van der Waals surface area contributed by atoms with E-state index in [1.54, 1.807) is 0 Å². The number of hydrogen-bond acceptors (Lipinski definition) is 7. The molecule has 32 heavy (non-hydrogen) atoms. The van der Waals surface area contributed by atoms with Crippen LogP contribution >= 0.6 is 0 Å². The summed E-state index contributed by atoms with van der Waals surface area (Å²) in [6.45, 7) is 9.15. The fourth-order valence-corrected chi connectivity index (χ4v) is 4.60. The molecule has 172 valence electrons. The number of rotatable bonds is 9. The van der Waals surface area contributed by atoms with Gasteiger partial charge < -0.3 is 15.4 Å². The van der Waals surface area contributed by atoms with Crippen LogP contribution < -0.4 is 15.4 Å². The minimum atomic E-state index is 0.131. The fourth-order valence-electron chi connectivity index (χ4n) is 4.60. The highest BCUT2D eigenvalue weighted by atomic mass is 16.5. The second-order valence-corrected chi connectivity index (χ2v) is 9.06. The Morgan fingerprint density at radius 3 is 2.53 bits per heavy atom. The van der Waals surface area contributed by atoms with Gasteiger partial charge in [-0.2, -0.15) is 9.97 Å². The van der Waals surface area contributed by atoms with Crippen molar-refractivity contribution in [3.63, 3.8) is 0 Å². The Morgan fingerprint density at radius 2 is 1.81 bits per heavy atom. The van der Waals surface area contributed by atoms with E-state index in [2.05, 4.69) is 53.0 Å². The molecular weight excluding hydrogens is 402 g/mol. The van der Waals surface area contributed by atoms with Crippen LogP contribution in [0.25, 0.3) is 0 Å². The normalized spacial score (nSPS) is 16.6. The van der Waals surface area contributed by atoms with E-state index in [1.165, 1.54) is 37.1 Å². The first-order chi connectivity index (χ1) is 15.6. The first-order valence-electron chi connectivity index (χ1n) is 11.9. The Morgan fingerprint density at radius 1 is 1.09 bits per heavy atom.